The molecule has 1 aliphatic rings. The second-order valence-electron chi connectivity index (χ2n) is 6.65. The number of amides is 1. The number of rotatable bonds is 4. The van der Waals surface area contributed by atoms with Gasteiger partial charge in [0.1, 0.15) is 5.69 Å². The van der Waals surface area contributed by atoms with Gasteiger partial charge in [-0.15, -0.1) is 0 Å². The highest BCUT2D eigenvalue weighted by Crippen LogP contribution is 2.28. The van der Waals surface area contributed by atoms with Gasteiger partial charge in [-0.25, -0.2) is 0 Å². The highest BCUT2D eigenvalue weighted by atomic mass is 16.2. The molecule has 0 aliphatic carbocycles. The van der Waals surface area contributed by atoms with Gasteiger partial charge in [0, 0.05) is 31.7 Å². The van der Waals surface area contributed by atoms with Gasteiger partial charge in [0.15, 0.2) is 0 Å². The summed E-state index contributed by atoms with van der Waals surface area (Å²) >= 11 is 0. The van der Waals surface area contributed by atoms with Crippen molar-refractivity contribution in [1.82, 2.24) is 9.47 Å². The first kappa shape index (κ1) is 15.7. The largest absolute Gasteiger partial charge is 0.339 e. The summed E-state index contributed by atoms with van der Waals surface area (Å²) in [6.45, 7) is 2.36. The van der Waals surface area contributed by atoms with Crippen molar-refractivity contribution in [3.63, 3.8) is 0 Å². The van der Waals surface area contributed by atoms with E-state index in [1.54, 1.807) is 0 Å². The molecule has 0 spiro atoms. The number of aromatic nitrogens is 1. The monoisotopic (exact) mass is 330 g/mol. The van der Waals surface area contributed by atoms with E-state index in [-0.39, 0.29) is 5.91 Å². The Morgan fingerprint density at radius 1 is 0.920 bits per heavy atom. The van der Waals surface area contributed by atoms with Crippen LogP contribution in [-0.4, -0.2) is 28.5 Å². The lowest BCUT2D eigenvalue weighted by atomic mass is 9.99. The van der Waals surface area contributed by atoms with Gasteiger partial charge in [0.2, 0.25) is 0 Å². The molecule has 0 bridgehead atoms. The molecule has 2 heterocycles. The Morgan fingerprint density at radius 3 is 2.40 bits per heavy atom. The molecule has 1 saturated heterocycles. The number of hydrogen-bond donors (Lipinski definition) is 0. The zero-order valence-corrected chi connectivity index (χ0v) is 14.2. The molecular formula is C22H22N2O. The van der Waals surface area contributed by atoms with Gasteiger partial charge in [0.05, 0.1) is 0 Å². The van der Waals surface area contributed by atoms with E-state index in [1.807, 2.05) is 52.1 Å². The summed E-state index contributed by atoms with van der Waals surface area (Å²) in [5.41, 5.74) is 3.31. The van der Waals surface area contributed by atoms with Crippen molar-refractivity contribution >= 4 is 5.91 Å². The van der Waals surface area contributed by atoms with Crippen molar-refractivity contribution < 1.29 is 4.79 Å². The fourth-order valence-corrected chi connectivity index (χ4v) is 3.63. The molecule has 0 radical (unpaired) electrons. The summed E-state index contributed by atoms with van der Waals surface area (Å²) in [5.74, 6) is 0.585. The molecule has 0 N–H and O–H groups in total. The van der Waals surface area contributed by atoms with Gasteiger partial charge < -0.3 is 9.47 Å². The number of nitrogens with zero attached hydrogens (tertiary/aromatic N) is 2. The molecule has 1 aliphatic heterocycles. The lowest BCUT2D eigenvalue weighted by Crippen LogP contribution is -2.30. The van der Waals surface area contributed by atoms with Crippen molar-refractivity contribution in [3.05, 3.63) is 95.8 Å². The van der Waals surface area contributed by atoms with Crippen molar-refractivity contribution in [2.24, 2.45) is 0 Å². The van der Waals surface area contributed by atoms with Crippen LogP contribution in [0.15, 0.2) is 79.0 Å². The van der Waals surface area contributed by atoms with Crippen LogP contribution in [0.25, 0.3) is 0 Å². The van der Waals surface area contributed by atoms with Crippen molar-refractivity contribution in [3.8, 4) is 0 Å². The van der Waals surface area contributed by atoms with Gasteiger partial charge in [-0.2, -0.15) is 0 Å². The maximum absolute atomic E-state index is 13.0. The Kier molecular flexibility index (Phi) is 4.38. The fraction of sp³-hybridized carbons (Fsp3) is 0.227. The predicted molar refractivity (Wildman–Crippen MR) is 99.7 cm³/mol. The third kappa shape index (κ3) is 3.36. The molecule has 1 unspecified atom stereocenters. The Labute approximate surface area is 148 Å². The van der Waals surface area contributed by atoms with Crippen LogP contribution in [0.5, 0.6) is 0 Å². The second kappa shape index (κ2) is 6.98. The Morgan fingerprint density at radius 2 is 1.64 bits per heavy atom. The first-order valence-electron chi connectivity index (χ1n) is 8.84. The maximum Gasteiger partial charge on any atom is 0.270 e. The Bertz CT molecular complexity index is 839. The zero-order chi connectivity index (χ0) is 17.1. The van der Waals surface area contributed by atoms with E-state index in [0.717, 1.165) is 31.7 Å². The van der Waals surface area contributed by atoms with E-state index in [9.17, 15) is 4.79 Å². The maximum atomic E-state index is 13.0. The number of carbonyl (C=O) groups excluding carboxylic acids is 1. The predicted octanol–water partition coefficient (Wildman–Crippen LogP) is 4.17. The van der Waals surface area contributed by atoms with E-state index in [4.69, 9.17) is 0 Å². The molecule has 0 saturated carbocycles. The van der Waals surface area contributed by atoms with Gasteiger partial charge >= 0.3 is 0 Å². The first-order valence-corrected chi connectivity index (χ1v) is 8.84. The molecule has 4 rings (SSSR count). The van der Waals surface area contributed by atoms with Crippen LogP contribution in [0.4, 0.5) is 0 Å². The summed E-state index contributed by atoms with van der Waals surface area (Å²) in [6, 6.07) is 24.7. The third-order valence-electron chi connectivity index (χ3n) is 4.99. The molecule has 1 fully saturated rings. The summed E-state index contributed by atoms with van der Waals surface area (Å²) in [6.07, 6.45) is 3.03. The normalized spacial score (nSPS) is 17.0. The summed E-state index contributed by atoms with van der Waals surface area (Å²) in [4.78, 5) is 15.0. The van der Waals surface area contributed by atoms with Gasteiger partial charge in [-0.3, -0.25) is 4.79 Å². The molecule has 1 aromatic heterocycles. The molecule has 3 heteroatoms. The average Bonchev–Trinajstić information content (AvgIpc) is 3.32. The van der Waals surface area contributed by atoms with E-state index in [0.29, 0.717) is 5.92 Å². The summed E-state index contributed by atoms with van der Waals surface area (Å²) < 4.78 is 2.05. The van der Waals surface area contributed by atoms with Gasteiger partial charge in [-0.05, 0) is 29.7 Å². The standard InChI is InChI=1S/C22H22N2O/c25-22(24-15-13-20(17-24)19-10-5-2-6-11-19)21-12-7-14-23(21)16-18-8-3-1-4-9-18/h1-12,14,20H,13,15-17H2. The first-order chi connectivity index (χ1) is 12.3. The van der Waals surface area contributed by atoms with Crippen molar-refractivity contribution in [1.29, 1.82) is 0 Å². The van der Waals surface area contributed by atoms with Gasteiger partial charge in [-0.1, -0.05) is 60.7 Å². The SMILES string of the molecule is O=C(c1cccn1Cc1ccccc1)N1CCC(c2ccccc2)C1. The second-order valence-corrected chi connectivity index (χ2v) is 6.65. The molecule has 2 aromatic carbocycles. The van der Waals surface area contributed by atoms with Crippen LogP contribution in [0.2, 0.25) is 0 Å². The highest BCUT2D eigenvalue weighted by Gasteiger charge is 2.29. The highest BCUT2D eigenvalue weighted by molar-refractivity contribution is 5.93. The van der Waals surface area contributed by atoms with Crippen molar-refractivity contribution in [2.75, 3.05) is 13.1 Å². The van der Waals surface area contributed by atoms with E-state index in [2.05, 4.69) is 36.4 Å². The van der Waals surface area contributed by atoms with Crippen LogP contribution in [0, 0.1) is 0 Å². The summed E-state index contributed by atoms with van der Waals surface area (Å²) in [5, 5.41) is 0. The molecule has 25 heavy (non-hydrogen) atoms. The summed E-state index contributed by atoms with van der Waals surface area (Å²) in [7, 11) is 0. The van der Waals surface area contributed by atoms with E-state index >= 15 is 0 Å². The van der Waals surface area contributed by atoms with Crippen LogP contribution in [-0.2, 0) is 6.54 Å². The number of hydrogen-bond acceptors (Lipinski definition) is 1. The van der Waals surface area contributed by atoms with E-state index < -0.39 is 0 Å². The number of likely N-dealkylation sites (tertiary alicyclic amines) is 1. The lowest BCUT2D eigenvalue weighted by molar-refractivity contribution is 0.0780. The Hall–Kier alpha value is -2.81. The molecule has 3 aromatic rings. The minimum atomic E-state index is 0.138. The minimum Gasteiger partial charge on any atom is -0.339 e. The zero-order valence-electron chi connectivity index (χ0n) is 14.2. The smallest absolute Gasteiger partial charge is 0.270 e. The molecule has 126 valence electrons. The third-order valence-corrected chi connectivity index (χ3v) is 4.99. The number of carbonyl (C=O) groups is 1. The van der Waals surface area contributed by atoms with Crippen LogP contribution < -0.4 is 0 Å². The van der Waals surface area contributed by atoms with Crippen molar-refractivity contribution in [2.45, 2.75) is 18.9 Å². The molecule has 1 amide bonds. The van der Waals surface area contributed by atoms with Crippen LogP contribution in [0.1, 0.15) is 34.0 Å². The average molecular weight is 330 g/mol. The number of benzene rings is 2. The van der Waals surface area contributed by atoms with E-state index in [1.165, 1.54) is 11.1 Å². The topological polar surface area (TPSA) is 25.2 Å². The van der Waals surface area contributed by atoms with Crippen LogP contribution >= 0.6 is 0 Å². The molecule has 3 nitrogen and oxygen atoms in total. The van der Waals surface area contributed by atoms with Crippen LogP contribution in [0.3, 0.4) is 0 Å². The lowest BCUT2D eigenvalue weighted by Gasteiger charge is -2.18. The molecular weight excluding hydrogens is 308 g/mol. The quantitative estimate of drug-likeness (QED) is 0.705. The fourth-order valence-electron chi connectivity index (χ4n) is 3.63. The molecule has 1 atom stereocenters. The Balaban J connectivity index is 1.48. The van der Waals surface area contributed by atoms with Gasteiger partial charge in [0.25, 0.3) is 5.91 Å². The minimum absolute atomic E-state index is 0.138.